The number of aromatic nitrogens is 2. The molecule has 1 aliphatic heterocycles. The summed E-state index contributed by atoms with van der Waals surface area (Å²) in [5.74, 6) is -0.782. The molecule has 3 heterocycles. The topological polar surface area (TPSA) is 75.9 Å². The van der Waals surface area contributed by atoms with Crippen LogP contribution in [0, 0.1) is 5.82 Å². The van der Waals surface area contributed by atoms with Crippen LogP contribution in [0.1, 0.15) is 22.0 Å². The zero-order chi connectivity index (χ0) is 19.5. The summed E-state index contributed by atoms with van der Waals surface area (Å²) >= 11 is 1.33. The van der Waals surface area contributed by atoms with Crippen LogP contribution in [-0.2, 0) is 4.74 Å². The van der Waals surface area contributed by atoms with E-state index < -0.39 is 11.5 Å². The second-order valence-corrected chi connectivity index (χ2v) is 7.33. The van der Waals surface area contributed by atoms with E-state index in [0.717, 1.165) is 5.56 Å². The maximum Gasteiger partial charge on any atom is 0.271 e. The number of amides is 1. The number of carbonyl (C=O) groups excluding carboxylic acids is 1. The maximum absolute atomic E-state index is 13.3. The molecule has 9 heteroatoms. The maximum atomic E-state index is 13.3. The van der Waals surface area contributed by atoms with Crippen molar-refractivity contribution in [2.75, 3.05) is 32.8 Å². The Balaban J connectivity index is 1.54. The summed E-state index contributed by atoms with van der Waals surface area (Å²) in [5.41, 5.74) is 0.496. The van der Waals surface area contributed by atoms with Crippen LogP contribution in [0.3, 0.4) is 0 Å². The molecule has 1 aromatic carbocycles. The van der Waals surface area contributed by atoms with Gasteiger partial charge in [0.25, 0.3) is 11.5 Å². The van der Waals surface area contributed by atoms with Gasteiger partial charge in [0, 0.05) is 37.4 Å². The lowest BCUT2D eigenvalue weighted by molar-refractivity contribution is 0.0162. The first-order valence-electron chi connectivity index (χ1n) is 8.94. The van der Waals surface area contributed by atoms with Gasteiger partial charge < -0.3 is 10.1 Å². The summed E-state index contributed by atoms with van der Waals surface area (Å²) in [7, 11) is 0. The molecule has 1 N–H and O–H groups in total. The number of hydrogen-bond donors (Lipinski definition) is 1. The first kappa shape index (κ1) is 18.7. The number of hydrogen-bond acceptors (Lipinski definition) is 6. The molecule has 0 saturated carbocycles. The predicted octanol–water partition coefficient (Wildman–Crippen LogP) is 1.70. The minimum atomic E-state index is -0.474. The van der Waals surface area contributed by atoms with Crippen LogP contribution in [-0.4, -0.2) is 53.0 Å². The summed E-state index contributed by atoms with van der Waals surface area (Å²) in [6, 6.07) is 6.11. The zero-order valence-corrected chi connectivity index (χ0v) is 15.8. The van der Waals surface area contributed by atoms with Gasteiger partial charge in [-0.2, -0.15) is 0 Å². The van der Waals surface area contributed by atoms with E-state index in [2.05, 4.69) is 15.2 Å². The SMILES string of the molecule is O=C(NCC(c1ccc(F)cc1)N1CCOCC1)c1cnc2sccn2c1=O. The van der Waals surface area contributed by atoms with Gasteiger partial charge in [-0.25, -0.2) is 9.37 Å². The molecule has 28 heavy (non-hydrogen) atoms. The molecule has 0 aliphatic carbocycles. The Morgan fingerprint density at radius 2 is 2.04 bits per heavy atom. The Kier molecular flexibility index (Phi) is 5.47. The Labute approximate surface area is 164 Å². The van der Waals surface area contributed by atoms with Crippen molar-refractivity contribution in [1.82, 2.24) is 19.6 Å². The van der Waals surface area contributed by atoms with E-state index in [1.807, 2.05) is 0 Å². The Hall–Kier alpha value is -2.62. The van der Waals surface area contributed by atoms with E-state index in [0.29, 0.717) is 31.3 Å². The van der Waals surface area contributed by atoms with Crippen molar-refractivity contribution in [1.29, 1.82) is 0 Å². The highest BCUT2D eigenvalue weighted by Crippen LogP contribution is 2.21. The fourth-order valence-corrected chi connectivity index (χ4v) is 3.97. The number of nitrogens with zero attached hydrogens (tertiary/aromatic N) is 3. The van der Waals surface area contributed by atoms with Gasteiger partial charge in [0.2, 0.25) is 0 Å². The van der Waals surface area contributed by atoms with E-state index in [1.165, 1.54) is 34.1 Å². The second-order valence-electron chi connectivity index (χ2n) is 6.46. The molecular weight excluding hydrogens is 383 g/mol. The molecule has 0 bridgehead atoms. The van der Waals surface area contributed by atoms with Crippen molar-refractivity contribution in [2.45, 2.75) is 6.04 Å². The molecule has 3 aromatic rings. The number of thiazole rings is 1. The third-order valence-corrected chi connectivity index (χ3v) is 5.56. The van der Waals surface area contributed by atoms with Crippen molar-refractivity contribution in [3.05, 3.63) is 69.3 Å². The lowest BCUT2D eigenvalue weighted by Crippen LogP contribution is -2.44. The number of carbonyl (C=O) groups is 1. The number of halogens is 1. The van der Waals surface area contributed by atoms with Crippen LogP contribution in [0.2, 0.25) is 0 Å². The van der Waals surface area contributed by atoms with E-state index in [1.54, 1.807) is 23.7 Å². The smallest absolute Gasteiger partial charge is 0.271 e. The number of morpholine rings is 1. The Bertz CT molecular complexity index is 1030. The minimum Gasteiger partial charge on any atom is -0.379 e. The Morgan fingerprint density at radius 1 is 1.29 bits per heavy atom. The molecule has 0 radical (unpaired) electrons. The molecule has 146 valence electrons. The van der Waals surface area contributed by atoms with Crippen LogP contribution in [0.15, 0.2) is 46.8 Å². The summed E-state index contributed by atoms with van der Waals surface area (Å²) in [5, 5.41) is 4.59. The minimum absolute atomic E-state index is 0.00395. The number of nitrogens with one attached hydrogen (secondary N) is 1. The molecule has 4 rings (SSSR count). The summed E-state index contributed by atoms with van der Waals surface area (Å²) < 4.78 is 20.1. The molecule has 1 saturated heterocycles. The molecule has 7 nitrogen and oxygen atoms in total. The average Bonchev–Trinajstić information content (AvgIpc) is 3.20. The largest absolute Gasteiger partial charge is 0.379 e. The van der Waals surface area contributed by atoms with Crippen LogP contribution in [0.5, 0.6) is 0 Å². The van der Waals surface area contributed by atoms with E-state index in [4.69, 9.17) is 4.74 Å². The number of ether oxygens (including phenoxy) is 1. The lowest BCUT2D eigenvalue weighted by atomic mass is 10.0. The van der Waals surface area contributed by atoms with Crippen LogP contribution < -0.4 is 10.9 Å². The van der Waals surface area contributed by atoms with Crippen molar-refractivity contribution in [2.24, 2.45) is 0 Å². The van der Waals surface area contributed by atoms with Gasteiger partial charge >= 0.3 is 0 Å². The van der Waals surface area contributed by atoms with Gasteiger partial charge in [-0.3, -0.25) is 18.9 Å². The molecule has 1 aliphatic rings. The van der Waals surface area contributed by atoms with Crippen LogP contribution in [0.25, 0.3) is 4.96 Å². The quantitative estimate of drug-likeness (QED) is 0.703. The number of benzene rings is 1. The molecular formula is C19H19FN4O3S. The summed E-state index contributed by atoms with van der Waals surface area (Å²) in [6.45, 7) is 2.92. The van der Waals surface area contributed by atoms with Gasteiger partial charge in [0.05, 0.1) is 19.3 Å². The van der Waals surface area contributed by atoms with Crippen LogP contribution in [0.4, 0.5) is 4.39 Å². The highest BCUT2D eigenvalue weighted by molar-refractivity contribution is 7.15. The monoisotopic (exact) mass is 402 g/mol. The fourth-order valence-electron chi connectivity index (χ4n) is 3.30. The average molecular weight is 402 g/mol. The lowest BCUT2D eigenvalue weighted by Gasteiger charge is -2.34. The molecule has 1 atom stereocenters. The highest BCUT2D eigenvalue weighted by atomic mass is 32.1. The molecule has 0 spiro atoms. The molecule has 1 fully saturated rings. The molecule has 1 amide bonds. The van der Waals surface area contributed by atoms with Crippen molar-refractivity contribution < 1.29 is 13.9 Å². The third-order valence-electron chi connectivity index (χ3n) is 4.78. The number of rotatable bonds is 5. The van der Waals surface area contributed by atoms with E-state index >= 15 is 0 Å². The van der Waals surface area contributed by atoms with Gasteiger partial charge in [-0.05, 0) is 17.7 Å². The van der Waals surface area contributed by atoms with Crippen molar-refractivity contribution >= 4 is 22.2 Å². The standard InChI is InChI=1S/C19H19FN4O3S/c20-14-3-1-13(2-4-14)16(23-5-8-27-9-6-23)12-21-17(25)15-11-22-19-24(18(15)26)7-10-28-19/h1-4,7,10-11,16H,5-6,8-9,12H2,(H,21,25). The van der Waals surface area contributed by atoms with Gasteiger partial charge in [-0.15, -0.1) is 11.3 Å². The third kappa shape index (κ3) is 3.82. The fraction of sp³-hybridized carbons (Fsp3) is 0.316. The Morgan fingerprint density at radius 3 is 2.79 bits per heavy atom. The van der Waals surface area contributed by atoms with Gasteiger partial charge in [0.1, 0.15) is 11.4 Å². The highest BCUT2D eigenvalue weighted by Gasteiger charge is 2.24. The van der Waals surface area contributed by atoms with E-state index in [-0.39, 0.29) is 24.0 Å². The predicted molar refractivity (Wildman–Crippen MR) is 103 cm³/mol. The van der Waals surface area contributed by atoms with Crippen LogP contribution >= 0.6 is 11.3 Å². The van der Waals surface area contributed by atoms with Gasteiger partial charge in [-0.1, -0.05) is 12.1 Å². The normalized spacial score (nSPS) is 16.2. The summed E-state index contributed by atoms with van der Waals surface area (Å²) in [4.78, 5) is 32.0. The molecule has 2 aromatic heterocycles. The second kappa shape index (κ2) is 8.17. The zero-order valence-electron chi connectivity index (χ0n) is 15.0. The first-order valence-corrected chi connectivity index (χ1v) is 9.82. The van der Waals surface area contributed by atoms with Gasteiger partial charge in [0.15, 0.2) is 4.96 Å². The molecule has 1 unspecified atom stereocenters. The van der Waals surface area contributed by atoms with Crippen molar-refractivity contribution in [3.8, 4) is 0 Å². The van der Waals surface area contributed by atoms with Crippen molar-refractivity contribution in [3.63, 3.8) is 0 Å². The van der Waals surface area contributed by atoms with E-state index in [9.17, 15) is 14.0 Å². The summed E-state index contributed by atoms with van der Waals surface area (Å²) in [6.07, 6.45) is 2.91. The first-order chi connectivity index (χ1) is 13.6. The number of fused-ring (bicyclic) bond motifs is 1.